The number of imidazole rings is 1. The number of aromatic amines is 1. The topological polar surface area (TPSA) is 33.6 Å². The van der Waals surface area contributed by atoms with Crippen molar-refractivity contribution in [3.63, 3.8) is 0 Å². The highest BCUT2D eigenvalue weighted by Crippen LogP contribution is 2.31. The smallest absolute Gasteiger partial charge is 0.178 e. The Kier molecular flexibility index (Phi) is 2.83. The molecule has 0 unspecified atom stereocenters. The van der Waals surface area contributed by atoms with Crippen molar-refractivity contribution in [1.82, 2.24) is 14.5 Å². The second-order valence-corrected chi connectivity index (χ2v) is 6.46. The Bertz CT molecular complexity index is 779. The van der Waals surface area contributed by atoms with E-state index in [9.17, 15) is 0 Å². The second-order valence-electron chi connectivity index (χ2n) is 5.18. The number of nitrogens with zero attached hydrogens (tertiary/aromatic N) is 2. The van der Waals surface area contributed by atoms with E-state index in [1.807, 2.05) is 11.6 Å². The molecule has 0 aliphatic heterocycles. The highest BCUT2D eigenvalue weighted by atomic mass is 32.1. The van der Waals surface area contributed by atoms with Crippen LogP contribution in [0.15, 0.2) is 29.8 Å². The van der Waals surface area contributed by atoms with Gasteiger partial charge in [0.15, 0.2) is 4.77 Å². The summed E-state index contributed by atoms with van der Waals surface area (Å²) in [5.74, 6) is 0. The Balaban J connectivity index is 2.33. The predicted octanol–water partition coefficient (Wildman–Crippen LogP) is 4.25. The summed E-state index contributed by atoms with van der Waals surface area (Å²) in [5, 5.41) is 3.06. The molecule has 2 aromatic heterocycles. The monoisotopic (exact) mass is 289 g/mol. The average molecular weight is 289 g/mol. The fourth-order valence-electron chi connectivity index (χ4n) is 2.39. The largest absolute Gasteiger partial charge is 0.331 e. The van der Waals surface area contributed by atoms with Gasteiger partial charge in [-0.2, -0.15) is 0 Å². The van der Waals surface area contributed by atoms with Gasteiger partial charge in [0.1, 0.15) is 5.01 Å². The van der Waals surface area contributed by atoms with Crippen LogP contribution >= 0.6 is 23.6 Å². The Labute approximate surface area is 120 Å². The molecule has 0 radical (unpaired) electrons. The first-order chi connectivity index (χ1) is 9.00. The zero-order valence-corrected chi connectivity index (χ0v) is 12.7. The summed E-state index contributed by atoms with van der Waals surface area (Å²) in [4.78, 5) is 7.73. The predicted molar refractivity (Wildman–Crippen MR) is 82.4 cm³/mol. The molecule has 5 heteroatoms. The van der Waals surface area contributed by atoms with Crippen LogP contribution in [0.5, 0.6) is 0 Å². The standard InChI is InChI=1S/C14H15N3S2/c1-9-4-5-10-11(8-9)17(13(18)16-10)14(2,3)12-15-6-7-19-12/h4-8H,1-3H3,(H,16,18). The van der Waals surface area contributed by atoms with Crippen LogP contribution in [0.25, 0.3) is 11.0 Å². The summed E-state index contributed by atoms with van der Waals surface area (Å²) in [6, 6.07) is 6.33. The summed E-state index contributed by atoms with van der Waals surface area (Å²) in [7, 11) is 0. The van der Waals surface area contributed by atoms with Crippen molar-refractivity contribution in [2.24, 2.45) is 0 Å². The van der Waals surface area contributed by atoms with Crippen LogP contribution in [0.1, 0.15) is 24.4 Å². The summed E-state index contributed by atoms with van der Waals surface area (Å²) in [5.41, 5.74) is 3.17. The fraction of sp³-hybridized carbons (Fsp3) is 0.286. The maximum atomic E-state index is 5.50. The average Bonchev–Trinajstić information content (AvgIpc) is 2.95. The van der Waals surface area contributed by atoms with Crippen LogP contribution < -0.4 is 0 Å². The van der Waals surface area contributed by atoms with Crippen LogP contribution in [0, 0.1) is 11.7 Å². The first-order valence-corrected chi connectivity index (χ1v) is 7.41. The number of hydrogen-bond donors (Lipinski definition) is 1. The second kappa shape index (κ2) is 4.28. The van der Waals surface area contributed by atoms with Crippen LogP contribution in [0.2, 0.25) is 0 Å². The number of nitrogens with one attached hydrogen (secondary N) is 1. The van der Waals surface area contributed by atoms with Crippen molar-refractivity contribution in [3.05, 3.63) is 45.1 Å². The lowest BCUT2D eigenvalue weighted by atomic mass is 10.1. The molecule has 0 aliphatic rings. The van der Waals surface area contributed by atoms with E-state index in [0.29, 0.717) is 0 Å². The van der Waals surface area contributed by atoms with Gasteiger partial charge in [0.25, 0.3) is 0 Å². The van der Waals surface area contributed by atoms with Crippen LogP contribution in [0.3, 0.4) is 0 Å². The molecule has 1 N–H and O–H groups in total. The molecule has 0 saturated carbocycles. The van der Waals surface area contributed by atoms with Gasteiger partial charge in [-0.25, -0.2) is 4.98 Å². The summed E-state index contributed by atoms with van der Waals surface area (Å²) in [6.45, 7) is 6.39. The maximum Gasteiger partial charge on any atom is 0.178 e. The van der Waals surface area contributed by atoms with Crippen molar-refractivity contribution in [3.8, 4) is 0 Å². The van der Waals surface area contributed by atoms with Gasteiger partial charge >= 0.3 is 0 Å². The molecule has 0 fully saturated rings. The van der Waals surface area contributed by atoms with Crippen molar-refractivity contribution in [2.75, 3.05) is 0 Å². The van der Waals surface area contributed by atoms with E-state index in [0.717, 1.165) is 20.8 Å². The van der Waals surface area contributed by atoms with Gasteiger partial charge in [0, 0.05) is 11.6 Å². The van der Waals surface area contributed by atoms with Gasteiger partial charge in [-0.3, -0.25) is 0 Å². The summed E-state index contributed by atoms with van der Waals surface area (Å²) in [6.07, 6.45) is 1.84. The van der Waals surface area contributed by atoms with Crippen molar-refractivity contribution in [1.29, 1.82) is 0 Å². The van der Waals surface area contributed by atoms with Crippen LogP contribution in [-0.4, -0.2) is 14.5 Å². The number of benzene rings is 1. The molecule has 3 aromatic rings. The number of aryl methyl sites for hydroxylation is 1. The Hall–Kier alpha value is -1.46. The van der Waals surface area contributed by atoms with E-state index < -0.39 is 0 Å². The fourth-order valence-corrected chi connectivity index (χ4v) is 3.58. The van der Waals surface area contributed by atoms with Crippen molar-refractivity contribution in [2.45, 2.75) is 26.3 Å². The van der Waals surface area contributed by atoms with E-state index in [4.69, 9.17) is 12.2 Å². The zero-order chi connectivity index (χ0) is 13.6. The molecule has 0 spiro atoms. The Morgan fingerprint density at radius 3 is 2.84 bits per heavy atom. The number of aromatic nitrogens is 3. The number of rotatable bonds is 2. The highest BCUT2D eigenvalue weighted by Gasteiger charge is 2.28. The van der Waals surface area contributed by atoms with Gasteiger partial charge in [-0.15, -0.1) is 11.3 Å². The third kappa shape index (κ3) is 1.93. The number of H-pyrrole nitrogens is 1. The normalized spacial score (nSPS) is 12.2. The Morgan fingerprint density at radius 1 is 1.37 bits per heavy atom. The van der Waals surface area contributed by atoms with E-state index in [-0.39, 0.29) is 5.54 Å². The first kappa shape index (κ1) is 12.6. The van der Waals surface area contributed by atoms with Gasteiger partial charge in [-0.05, 0) is 50.7 Å². The van der Waals surface area contributed by atoms with E-state index in [1.54, 1.807) is 11.3 Å². The van der Waals surface area contributed by atoms with Crippen LogP contribution in [0.4, 0.5) is 0 Å². The molecule has 0 aliphatic carbocycles. The number of fused-ring (bicyclic) bond motifs is 1. The molecule has 2 heterocycles. The first-order valence-electron chi connectivity index (χ1n) is 6.12. The minimum atomic E-state index is -0.253. The number of thiazole rings is 1. The number of hydrogen-bond acceptors (Lipinski definition) is 3. The highest BCUT2D eigenvalue weighted by molar-refractivity contribution is 7.71. The molecule has 98 valence electrons. The minimum Gasteiger partial charge on any atom is -0.331 e. The molecule has 0 saturated heterocycles. The van der Waals surface area contributed by atoms with Crippen LogP contribution in [-0.2, 0) is 5.54 Å². The zero-order valence-electron chi connectivity index (χ0n) is 11.1. The SMILES string of the molecule is Cc1ccc2[nH]c(=S)n(C(C)(C)c3nccs3)c2c1. The molecule has 0 amide bonds. The van der Waals surface area contributed by atoms with Gasteiger partial charge in [0.2, 0.25) is 0 Å². The third-order valence-electron chi connectivity index (χ3n) is 3.35. The lowest BCUT2D eigenvalue weighted by Gasteiger charge is -2.25. The van der Waals surface area contributed by atoms with Gasteiger partial charge in [-0.1, -0.05) is 6.07 Å². The van der Waals surface area contributed by atoms with E-state index in [1.165, 1.54) is 5.56 Å². The molecular weight excluding hydrogens is 274 g/mol. The quantitative estimate of drug-likeness (QED) is 0.716. The maximum absolute atomic E-state index is 5.50. The molecule has 0 bridgehead atoms. The molecule has 0 atom stereocenters. The molecular formula is C14H15N3S2. The van der Waals surface area contributed by atoms with Crippen molar-refractivity contribution < 1.29 is 0 Å². The molecule has 19 heavy (non-hydrogen) atoms. The Morgan fingerprint density at radius 2 is 2.16 bits per heavy atom. The lowest BCUT2D eigenvalue weighted by molar-refractivity contribution is 0.441. The summed E-state index contributed by atoms with van der Waals surface area (Å²) < 4.78 is 2.89. The van der Waals surface area contributed by atoms with Gasteiger partial charge < -0.3 is 9.55 Å². The minimum absolute atomic E-state index is 0.253. The summed E-state index contributed by atoms with van der Waals surface area (Å²) >= 11 is 7.16. The lowest BCUT2D eigenvalue weighted by Crippen LogP contribution is -2.27. The molecule has 3 nitrogen and oxygen atoms in total. The molecule has 1 aromatic carbocycles. The van der Waals surface area contributed by atoms with E-state index >= 15 is 0 Å². The van der Waals surface area contributed by atoms with Gasteiger partial charge in [0.05, 0.1) is 16.6 Å². The van der Waals surface area contributed by atoms with E-state index in [2.05, 4.69) is 53.5 Å². The molecule has 3 rings (SSSR count). The van der Waals surface area contributed by atoms with Crippen molar-refractivity contribution >= 4 is 34.6 Å². The third-order valence-corrected chi connectivity index (χ3v) is 4.72.